The third kappa shape index (κ3) is 7.89. The SMILES string of the molecule is CCC(C)OC(=O)C(CCC(=O)O)NC(=O)c1cccc(CCCCc2cc3c(=O)[nH]c(N)nc3[nH]2)n1. The molecule has 0 fully saturated rings. The number of carboxylic acids is 1. The number of carbonyl (C=O) groups excluding carboxylic acids is 2. The second-order valence-electron chi connectivity index (χ2n) is 8.84. The van der Waals surface area contributed by atoms with Gasteiger partial charge in [-0.2, -0.15) is 4.98 Å². The van der Waals surface area contributed by atoms with Gasteiger partial charge in [0.1, 0.15) is 17.4 Å². The number of unbranched alkanes of at least 4 members (excludes halogenated alkanes) is 1. The van der Waals surface area contributed by atoms with E-state index >= 15 is 0 Å². The van der Waals surface area contributed by atoms with E-state index in [0.29, 0.717) is 36.0 Å². The summed E-state index contributed by atoms with van der Waals surface area (Å²) in [5, 5.41) is 12.0. The number of hydrogen-bond donors (Lipinski definition) is 5. The summed E-state index contributed by atoms with van der Waals surface area (Å²) in [7, 11) is 0. The Balaban J connectivity index is 1.56. The molecule has 198 valence electrons. The number of rotatable bonds is 13. The summed E-state index contributed by atoms with van der Waals surface area (Å²) in [6, 6.07) is 5.73. The fourth-order valence-electron chi connectivity index (χ4n) is 3.71. The molecule has 0 radical (unpaired) electrons. The monoisotopic (exact) mass is 512 g/mol. The number of nitrogens with two attached hydrogens (primary N) is 1. The van der Waals surface area contributed by atoms with Crippen LogP contribution >= 0.6 is 0 Å². The maximum atomic E-state index is 12.8. The first kappa shape index (κ1) is 27.4. The Bertz CT molecular complexity index is 1320. The van der Waals surface area contributed by atoms with Crippen LogP contribution in [0.15, 0.2) is 29.1 Å². The second kappa shape index (κ2) is 12.7. The number of carbonyl (C=O) groups is 3. The molecule has 3 aromatic heterocycles. The van der Waals surface area contributed by atoms with Crippen molar-refractivity contribution in [2.75, 3.05) is 5.73 Å². The van der Waals surface area contributed by atoms with E-state index in [-0.39, 0.29) is 36.1 Å². The molecule has 0 bridgehead atoms. The van der Waals surface area contributed by atoms with Crippen molar-refractivity contribution in [1.82, 2.24) is 25.3 Å². The van der Waals surface area contributed by atoms with Crippen molar-refractivity contribution in [3.05, 3.63) is 51.7 Å². The Kier molecular flexibility index (Phi) is 9.36. The van der Waals surface area contributed by atoms with Crippen LogP contribution in [0.2, 0.25) is 0 Å². The number of aliphatic carboxylic acids is 1. The topological polar surface area (TPSA) is 193 Å². The lowest BCUT2D eigenvalue weighted by atomic mass is 10.1. The van der Waals surface area contributed by atoms with Crippen LogP contribution in [-0.4, -0.2) is 55.0 Å². The first-order valence-electron chi connectivity index (χ1n) is 12.2. The molecule has 3 aromatic rings. The summed E-state index contributed by atoms with van der Waals surface area (Å²) < 4.78 is 5.29. The molecule has 3 rings (SSSR count). The number of fused-ring (bicyclic) bond motifs is 1. The quantitative estimate of drug-likeness (QED) is 0.168. The minimum absolute atomic E-state index is 0.0570. The van der Waals surface area contributed by atoms with Gasteiger partial charge in [0.15, 0.2) is 0 Å². The molecule has 0 aliphatic rings. The van der Waals surface area contributed by atoms with Crippen LogP contribution in [0.4, 0.5) is 5.95 Å². The molecule has 0 aliphatic carbocycles. The molecule has 6 N–H and O–H groups in total. The maximum absolute atomic E-state index is 12.8. The van der Waals surface area contributed by atoms with E-state index in [0.717, 1.165) is 18.5 Å². The fraction of sp³-hybridized carbons (Fsp3) is 0.440. The zero-order valence-electron chi connectivity index (χ0n) is 20.9. The van der Waals surface area contributed by atoms with Gasteiger partial charge >= 0.3 is 11.9 Å². The average molecular weight is 513 g/mol. The smallest absolute Gasteiger partial charge is 0.328 e. The van der Waals surface area contributed by atoms with Gasteiger partial charge in [0, 0.05) is 17.8 Å². The molecule has 3 heterocycles. The molecule has 12 heteroatoms. The lowest BCUT2D eigenvalue weighted by Crippen LogP contribution is -2.43. The number of ether oxygens (including phenoxy) is 1. The highest BCUT2D eigenvalue weighted by Gasteiger charge is 2.25. The number of pyridine rings is 1. The van der Waals surface area contributed by atoms with E-state index in [1.54, 1.807) is 19.1 Å². The van der Waals surface area contributed by atoms with Gasteiger partial charge in [-0.1, -0.05) is 13.0 Å². The maximum Gasteiger partial charge on any atom is 0.328 e. The third-order valence-electron chi connectivity index (χ3n) is 5.87. The number of hydrogen-bond acceptors (Lipinski definition) is 8. The molecule has 0 aliphatic heterocycles. The van der Waals surface area contributed by atoms with Gasteiger partial charge in [0.05, 0.1) is 11.5 Å². The number of aromatic nitrogens is 4. The number of anilines is 1. The first-order chi connectivity index (χ1) is 17.7. The van der Waals surface area contributed by atoms with Gasteiger partial charge in [0.2, 0.25) is 5.95 Å². The number of nitrogen functional groups attached to an aromatic ring is 1. The zero-order valence-corrected chi connectivity index (χ0v) is 20.9. The standard InChI is InChI=1S/C25H32N6O6/c1-3-14(2)37-24(36)19(11-12-20(32)33)29-23(35)18-10-6-9-15(27-18)7-4-5-8-16-13-17-21(28-16)30-25(26)31-22(17)34/h6,9-10,13-14,19H,3-5,7-8,11-12H2,1-2H3,(H,29,35)(H,32,33)(H4,26,28,30,31,34). The number of amides is 1. The highest BCUT2D eigenvalue weighted by molar-refractivity contribution is 5.95. The zero-order chi connectivity index (χ0) is 26.9. The number of aromatic amines is 2. The van der Waals surface area contributed by atoms with Crippen LogP contribution in [0.25, 0.3) is 11.0 Å². The second-order valence-corrected chi connectivity index (χ2v) is 8.84. The summed E-state index contributed by atoms with van der Waals surface area (Å²) in [6.07, 6.45) is 2.76. The minimum atomic E-state index is -1.09. The van der Waals surface area contributed by atoms with Crippen molar-refractivity contribution in [2.45, 2.75) is 70.9 Å². The van der Waals surface area contributed by atoms with E-state index in [1.807, 2.05) is 13.0 Å². The van der Waals surface area contributed by atoms with Crippen LogP contribution in [-0.2, 0) is 27.2 Å². The van der Waals surface area contributed by atoms with Gasteiger partial charge in [-0.25, -0.2) is 9.78 Å². The number of H-pyrrole nitrogens is 2. The predicted octanol–water partition coefficient (Wildman–Crippen LogP) is 2.10. The lowest BCUT2D eigenvalue weighted by Gasteiger charge is -2.19. The van der Waals surface area contributed by atoms with Crippen LogP contribution < -0.4 is 16.6 Å². The van der Waals surface area contributed by atoms with Gasteiger partial charge in [-0.05, 0) is 63.6 Å². The molecule has 0 saturated heterocycles. The Morgan fingerprint density at radius 1 is 1.16 bits per heavy atom. The first-order valence-corrected chi connectivity index (χ1v) is 12.2. The molecule has 2 unspecified atom stereocenters. The molecular formula is C25H32N6O6. The molecule has 12 nitrogen and oxygen atoms in total. The Labute approximate surface area is 213 Å². The normalized spacial score (nSPS) is 12.7. The number of nitrogens with one attached hydrogen (secondary N) is 3. The average Bonchev–Trinajstić information content (AvgIpc) is 3.27. The van der Waals surface area contributed by atoms with Crippen LogP contribution in [0.5, 0.6) is 0 Å². The van der Waals surface area contributed by atoms with E-state index < -0.39 is 23.9 Å². The van der Waals surface area contributed by atoms with E-state index in [4.69, 9.17) is 15.6 Å². The van der Waals surface area contributed by atoms with E-state index in [2.05, 4.69) is 25.3 Å². The molecular weight excluding hydrogens is 480 g/mol. The summed E-state index contributed by atoms with van der Waals surface area (Å²) in [5.41, 5.74) is 7.45. The van der Waals surface area contributed by atoms with E-state index in [1.165, 1.54) is 6.07 Å². The van der Waals surface area contributed by atoms with Gasteiger partial charge in [0.25, 0.3) is 11.5 Å². The summed E-state index contributed by atoms with van der Waals surface area (Å²) >= 11 is 0. The number of aryl methyl sites for hydroxylation is 2. The van der Waals surface area contributed by atoms with Gasteiger partial charge < -0.3 is 25.9 Å². The van der Waals surface area contributed by atoms with Crippen molar-refractivity contribution >= 4 is 34.8 Å². The van der Waals surface area contributed by atoms with Gasteiger partial charge in [-0.3, -0.25) is 19.4 Å². The summed E-state index contributed by atoms with van der Waals surface area (Å²) in [4.78, 5) is 62.3. The van der Waals surface area contributed by atoms with Crippen molar-refractivity contribution in [3.8, 4) is 0 Å². The van der Waals surface area contributed by atoms with Gasteiger partial charge in [-0.15, -0.1) is 0 Å². The molecule has 37 heavy (non-hydrogen) atoms. The van der Waals surface area contributed by atoms with Crippen molar-refractivity contribution in [2.24, 2.45) is 0 Å². The molecule has 0 spiro atoms. The van der Waals surface area contributed by atoms with Crippen molar-refractivity contribution < 1.29 is 24.2 Å². The van der Waals surface area contributed by atoms with E-state index in [9.17, 15) is 19.2 Å². The number of nitrogens with zero attached hydrogens (tertiary/aromatic N) is 2. The molecule has 1 amide bonds. The van der Waals surface area contributed by atoms with Crippen LogP contribution in [0, 0.1) is 0 Å². The fourth-order valence-corrected chi connectivity index (χ4v) is 3.71. The molecule has 0 aromatic carbocycles. The molecule has 2 atom stereocenters. The summed E-state index contributed by atoms with van der Waals surface area (Å²) in [6.45, 7) is 3.58. The van der Waals surface area contributed by atoms with Crippen LogP contribution in [0.1, 0.15) is 67.8 Å². The summed E-state index contributed by atoms with van der Waals surface area (Å²) in [5.74, 6) is -2.26. The van der Waals surface area contributed by atoms with Crippen LogP contribution in [0.3, 0.4) is 0 Å². The lowest BCUT2D eigenvalue weighted by molar-refractivity contribution is -0.151. The highest BCUT2D eigenvalue weighted by atomic mass is 16.5. The molecule has 0 saturated carbocycles. The Morgan fingerprint density at radius 2 is 1.92 bits per heavy atom. The van der Waals surface area contributed by atoms with Crippen molar-refractivity contribution in [3.63, 3.8) is 0 Å². The Morgan fingerprint density at radius 3 is 2.65 bits per heavy atom. The largest absolute Gasteiger partial charge is 0.481 e. The Hall–Kier alpha value is -4.22. The number of esters is 1. The minimum Gasteiger partial charge on any atom is -0.481 e. The highest BCUT2D eigenvalue weighted by Crippen LogP contribution is 2.13. The van der Waals surface area contributed by atoms with Crippen molar-refractivity contribution in [1.29, 1.82) is 0 Å². The third-order valence-corrected chi connectivity index (χ3v) is 5.87. The predicted molar refractivity (Wildman–Crippen MR) is 136 cm³/mol. The number of carboxylic acid groups (broad SMARTS) is 1.